The maximum absolute atomic E-state index is 13.5. The zero-order chi connectivity index (χ0) is 19.4. The van der Waals surface area contributed by atoms with Crippen LogP contribution in [0.2, 0.25) is 0 Å². The summed E-state index contributed by atoms with van der Waals surface area (Å²) >= 11 is 0.987. The minimum absolute atomic E-state index is 0.0143. The summed E-state index contributed by atoms with van der Waals surface area (Å²) in [6.07, 6.45) is 0. The molecule has 0 atom stereocenters. The highest BCUT2D eigenvalue weighted by atomic mass is 32.1. The molecule has 27 heavy (non-hydrogen) atoms. The second kappa shape index (κ2) is 8.00. The van der Waals surface area contributed by atoms with E-state index >= 15 is 0 Å². The molecule has 1 aromatic heterocycles. The van der Waals surface area contributed by atoms with Crippen LogP contribution in [-0.2, 0) is 6.54 Å². The Morgan fingerprint density at radius 1 is 0.963 bits per heavy atom. The number of benzene rings is 2. The predicted molar refractivity (Wildman–Crippen MR) is 94.0 cm³/mol. The zero-order valence-corrected chi connectivity index (χ0v) is 14.4. The largest absolute Gasteiger partial charge is 0.346 e. The van der Waals surface area contributed by atoms with Crippen LogP contribution in [0, 0.1) is 17.5 Å². The normalized spacial score (nSPS) is 10.5. The van der Waals surface area contributed by atoms with Gasteiger partial charge in [-0.05, 0) is 24.3 Å². The van der Waals surface area contributed by atoms with Gasteiger partial charge in [0.2, 0.25) is 0 Å². The van der Waals surface area contributed by atoms with Gasteiger partial charge in [0, 0.05) is 23.1 Å². The summed E-state index contributed by atoms with van der Waals surface area (Å²) in [4.78, 5) is 28.1. The predicted octanol–water partition coefficient (Wildman–Crippen LogP) is 3.74. The SMILES string of the molecule is O=C(Nc1nc(C(=O)NCc2ccccc2F)cs1)c1ccc(F)c(F)c1. The Bertz CT molecular complexity index is 1010. The minimum Gasteiger partial charge on any atom is -0.346 e. The van der Waals surface area contributed by atoms with E-state index in [0.717, 1.165) is 29.5 Å². The second-order valence-corrected chi connectivity index (χ2v) is 6.25. The number of anilines is 1. The van der Waals surface area contributed by atoms with Crippen LogP contribution in [0.25, 0.3) is 0 Å². The fraction of sp³-hybridized carbons (Fsp3) is 0.0556. The van der Waals surface area contributed by atoms with Crippen molar-refractivity contribution in [3.05, 3.63) is 82.1 Å². The van der Waals surface area contributed by atoms with Crippen LogP contribution >= 0.6 is 11.3 Å². The third kappa shape index (κ3) is 4.50. The molecular weight excluding hydrogens is 379 g/mol. The topological polar surface area (TPSA) is 71.1 Å². The molecule has 0 aliphatic rings. The summed E-state index contributed by atoms with van der Waals surface area (Å²) in [5.74, 6) is -3.87. The third-order valence-electron chi connectivity index (χ3n) is 3.54. The van der Waals surface area contributed by atoms with Crippen molar-refractivity contribution in [1.82, 2.24) is 10.3 Å². The number of rotatable bonds is 5. The van der Waals surface area contributed by atoms with E-state index in [-0.39, 0.29) is 22.9 Å². The Balaban J connectivity index is 1.62. The second-order valence-electron chi connectivity index (χ2n) is 5.39. The zero-order valence-electron chi connectivity index (χ0n) is 13.6. The Labute approximate surface area is 155 Å². The monoisotopic (exact) mass is 391 g/mol. The molecule has 0 saturated heterocycles. The van der Waals surface area contributed by atoms with Crippen molar-refractivity contribution >= 4 is 28.3 Å². The number of carbonyl (C=O) groups is 2. The van der Waals surface area contributed by atoms with Crippen molar-refractivity contribution in [3.8, 4) is 0 Å². The van der Waals surface area contributed by atoms with Crippen molar-refractivity contribution < 1.29 is 22.8 Å². The number of hydrogen-bond acceptors (Lipinski definition) is 4. The Morgan fingerprint density at radius 2 is 1.74 bits per heavy atom. The average molecular weight is 391 g/mol. The van der Waals surface area contributed by atoms with Crippen LogP contribution in [0.5, 0.6) is 0 Å². The van der Waals surface area contributed by atoms with E-state index in [2.05, 4.69) is 15.6 Å². The molecule has 0 radical (unpaired) electrons. The van der Waals surface area contributed by atoms with Crippen molar-refractivity contribution in [2.24, 2.45) is 0 Å². The first-order valence-electron chi connectivity index (χ1n) is 7.67. The number of aromatic nitrogens is 1. The van der Waals surface area contributed by atoms with E-state index in [9.17, 15) is 22.8 Å². The molecular formula is C18H12F3N3O2S. The molecule has 3 aromatic rings. The molecule has 1 heterocycles. The van der Waals surface area contributed by atoms with Crippen molar-refractivity contribution in [2.45, 2.75) is 6.54 Å². The maximum atomic E-state index is 13.5. The lowest BCUT2D eigenvalue weighted by Gasteiger charge is -2.04. The quantitative estimate of drug-likeness (QED) is 0.696. The highest BCUT2D eigenvalue weighted by molar-refractivity contribution is 7.14. The van der Waals surface area contributed by atoms with Crippen LogP contribution in [0.15, 0.2) is 47.8 Å². The molecule has 0 aliphatic heterocycles. The van der Waals surface area contributed by atoms with Gasteiger partial charge in [-0.1, -0.05) is 18.2 Å². The first-order chi connectivity index (χ1) is 12.9. The van der Waals surface area contributed by atoms with Gasteiger partial charge in [0.1, 0.15) is 11.5 Å². The van der Waals surface area contributed by atoms with E-state index in [0.29, 0.717) is 5.56 Å². The first-order valence-corrected chi connectivity index (χ1v) is 8.55. The number of amides is 2. The fourth-order valence-electron chi connectivity index (χ4n) is 2.15. The van der Waals surface area contributed by atoms with Gasteiger partial charge in [0.25, 0.3) is 11.8 Å². The van der Waals surface area contributed by atoms with Gasteiger partial charge in [-0.25, -0.2) is 18.2 Å². The Hall–Kier alpha value is -3.20. The van der Waals surface area contributed by atoms with Gasteiger partial charge in [-0.3, -0.25) is 14.9 Å². The number of halogens is 3. The Kier molecular flexibility index (Phi) is 5.51. The molecule has 3 rings (SSSR count). The summed E-state index contributed by atoms with van der Waals surface area (Å²) in [5.41, 5.74) is 0.277. The maximum Gasteiger partial charge on any atom is 0.271 e. The molecule has 0 saturated carbocycles. The number of thiazole rings is 1. The lowest BCUT2D eigenvalue weighted by molar-refractivity contribution is 0.0945. The van der Waals surface area contributed by atoms with Crippen molar-refractivity contribution in [1.29, 1.82) is 0 Å². The van der Waals surface area contributed by atoms with Gasteiger partial charge in [-0.2, -0.15) is 0 Å². The van der Waals surface area contributed by atoms with Crippen LogP contribution in [0.3, 0.4) is 0 Å². The molecule has 138 valence electrons. The molecule has 0 spiro atoms. The number of carbonyl (C=O) groups excluding carboxylic acids is 2. The molecule has 0 fully saturated rings. The van der Waals surface area contributed by atoms with E-state index in [1.165, 1.54) is 11.4 Å². The Morgan fingerprint density at radius 3 is 2.48 bits per heavy atom. The van der Waals surface area contributed by atoms with E-state index < -0.39 is 29.3 Å². The van der Waals surface area contributed by atoms with Crippen LogP contribution in [0.4, 0.5) is 18.3 Å². The first kappa shape index (κ1) is 18.6. The van der Waals surface area contributed by atoms with Crippen LogP contribution in [-0.4, -0.2) is 16.8 Å². The standard InChI is InChI=1S/C18H12F3N3O2S/c19-12-4-2-1-3-11(12)8-22-17(26)15-9-27-18(23-15)24-16(25)10-5-6-13(20)14(21)7-10/h1-7,9H,8H2,(H,22,26)(H,23,24,25). The molecule has 2 N–H and O–H groups in total. The van der Waals surface area contributed by atoms with Gasteiger partial charge in [0.15, 0.2) is 16.8 Å². The van der Waals surface area contributed by atoms with E-state index in [1.807, 2.05) is 0 Å². The molecule has 2 amide bonds. The van der Waals surface area contributed by atoms with Crippen molar-refractivity contribution in [3.63, 3.8) is 0 Å². The van der Waals surface area contributed by atoms with Crippen LogP contribution in [0.1, 0.15) is 26.4 Å². The van der Waals surface area contributed by atoms with Crippen LogP contribution < -0.4 is 10.6 Å². The summed E-state index contributed by atoms with van der Waals surface area (Å²) in [5, 5.41) is 6.46. The molecule has 9 heteroatoms. The summed E-state index contributed by atoms with van der Waals surface area (Å²) in [7, 11) is 0. The van der Waals surface area contributed by atoms with Gasteiger partial charge < -0.3 is 5.32 Å². The van der Waals surface area contributed by atoms with Gasteiger partial charge in [0.05, 0.1) is 0 Å². The highest BCUT2D eigenvalue weighted by Gasteiger charge is 2.15. The number of hydrogen-bond donors (Lipinski definition) is 2. The summed E-state index contributed by atoms with van der Waals surface area (Å²) in [6.45, 7) is -0.0143. The van der Waals surface area contributed by atoms with Gasteiger partial charge in [-0.15, -0.1) is 11.3 Å². The lowest BCUT2D eigenvalue weighted by Crippen LogP contribution is -2.23. The molecule has 0 bridgehead atoms. The lowest BCUT2D eigenvalue weighted by atomic mass is 10.2. The van der Waals surface area contributed by atoms with Crippen molar-refractivity contribution in [2.75, 3.05) is 5.32 Å². The summed E-state index contributed by atoms with van der Waals surface area (Å²) in [6, 6.07) is 8.76. The molecule has 0 aliphatic carbocycles. The summed E-state index contributed by atoms with van der Waals surface area (Å²) < 4.78 is 39.7. The fourth-order valence-corrected chi connectivity index (χ4v) is 2.84. The minimum atomic E-state index is -1.14. The smallest absolute Gasteiger partial charge is 0.271 e. The third-order valence-corrected chi connectivity index (χ3v) is 4.29. The molecule has 2 aromatic carbocycles. The number of nitrogens with one attached hydrogen (secondary N) is 2. The molecule has 0 unspecified atom stereocenters. The van der Waals surface area contributed by atoms with E-state index in [1.54, 1.807) is 18.2 Å². The molecule has 5 nitrogen and oxygen atoms in total. The van der Waals surface area contributed by atoms with E-state index in [4.69, 9.17) is 0 Å². The number of nitrogens with zero attached hydrogens (tertiary/aromatic N) is 1. The highest BCUT2D eigenvalue weighted by Crippen LogP contribution is 2.17. The van der Waals surface area contributed by atoms with Gasteiger partial charge >= 0.3 is 0 Å². The average Bonchev–Trinajstić information content (AvgIpc) is 3.11.